The summed E-state index contributed by atoms with van der Waals surface area (Å²) in [7, 11) is 0. The number of nitrogens with one attached hydrogen (secondary N) is 1. The summed E-state index contributed by atoms with van der Waals surface area (Å²) in [4.78, 5) is 6.72. The molecule has 3 heterocycles. The minimum Gasteiger partial charge on any atom is -0.351 e. The molecule has 4 nitrogen and oxygen atoms in total. The zero-order valence-electron chi connectivity index (χ0n) is 17.9. The number of benzene rings is 2. The largest absolute Gasteiger partial charge is 0.351 e. The third kappa shape index (κ3) is 3.46. The predicted molar refractivity (Wildman–Crippen MR) is 130 cm³/mol. The summed E-state index contributed by atoms with van der Waals surface area (Å²) >= 11 is 5.82. The summed E-state index contributed by atoms with van der Waals surface area (Å²) < 4.78 is 16.6. The van der Waals surface area contributed by atoms with Crippen molar-refractivity contribution in [2.75, 3.05) is 4.90 Å². The molecule has 160 valence electrons. The summed E-state index contributed by atoms with van der Waals surface area (Å²) in [5.74, 6) is -0.273. The van der Waals surface area contributed by atoms with E-state index in [4.69, 9.17) is 12.2 Å². The number of pyridine rings is 1. The Kier molecular flexibility index (Phi) is 5.23. The second-order valence-electron chi connectivity index (χ2n) is 8.02. The Bertz CT molecular complexity index is 1280. The van der Waals surface area contributed by atoms with Crippen LogP contribution in [0.5, 0.6) is 0 Å². The van der Waals surface area contributed by atoms with Crippen molar-refractivity contribution in [3.63, 3.8) is 0 Å². The van der Waals surface area contributed by atoms with Crippen LogP contribution >= 0.6 is 12.2 Å². The maximum atomic E-state index is 14.7. The lowest BCUT2D eigenvalue weighted by Crippen LogP contribution is -2.30. The molecule has 2 aromatic carbocycles. The van der Waals surface area contributed by atoms with Crippen molar-refractivity contribution in [1.82, 2.24) is 14.9 Å². The van der Waals surface area contributed by atoms with E-state index in [1.165, 1.54) is 17.2 Å². The van der Waals surface area contributed by atoms with Crippen LogP contribution in [0.2, 0.25) is 0 Å². The molecule has 1 aliphatic rings. The molecule has 0 saturated carbocycles. The van der Waals surface area contributed by atoms with E-state index < -0.39 is 0 Å². The highest BCUT2D eigenvalue weighted by molar-refractivity contribution is 7.80. The van der Waals surface area contributed by atoms with Crippen molar-refractivity contribution >= 4 is 23.0 Å². The quantitative estimate of drug-likeness (QED) is 0.405. The van der Waals surface area contributed by atoms with Crippen LogP contribution in [0, 0.1) is 19.7 Å². The molecule has 0 unspecified atom stereocenters. The minimum absolute atomic E-state index is 0.189. The van der Waals surface area contributed by atoms with E-state index in [0.29, 0.717) is 10.8 Å². The molecule has 0 amide bonds. The first-order chi connectivity index (χ1) is 15.5. The summed E-state index contributed by atoms with van der Waals surface area (Å²) in [6.45, 7) is 4.19. The van der Waals surface area contributed by atoms with Crippen LogP contribution in [-0.2, 0) is 0 Å². The first-order valence-electron chi connectivity index (χ1n) is 10.5. The molecule has 0 spiro atoms. The smallest absolute Gasteiger partial charge is 0.174 e. The van der Waals surface area contributed by atoms with Crippen LogP contribution in [0.15, 0.2) is 85.2 Å². The SMILES string of the molecule is Cc1ccc(N2C(=S)N[C@@H](c3ccccn3)[C@H]2c2cccn2-c2ccccc2F)cc1C. The number of para-hydroxylation sites is 1. The van der Waals surface area contributed by atoms with Gasteiger partial charge in [-0.3, -0.25) is 4.98 Å². The van der Waals surface area contributed by atoms with Gasteiger partial charge in [-0.2, -0.15) is 0 Å². The molecule has 1 N–H and O–H groups in total. The van der Waals surface area contributed by atoms with E-state index in [1.54, 1.807) is 18.3 Å². The third-order valence-corrected chi connectivity index (χ3v) is 6.38. The fourth-order valence-electron chi connectivity index (χ4n) is 4.31. The molecule has 1 saturated heterocycles. The number of aryl methyl sites for hydroxylation is 2. The molecule has 4 aromatic rings. The van der Waals surface area contributed by atoms with Gasteiger partial charge in [0.05, 0.1) is 17.4 Å². The molecule has 32 heavy (non-hydrogen) atoms. The highest BCUT2D eigenvalue weighted by Crippen LogP contribution is 2.42. The lowest BCUT2D eigenvalue weighted by Gasteiger charge is -2.29. The Morgan fingerprint density at radius 1 is 0.938 bits per heavy atom. The van der Waals surface area contributed by atoms with Gasteiger partial charge in [0, 0.05) is 23.8 Å². The molecule has 5 rings (SSSR count). The van der Waals surface area contributed by atoms with Crippen LogP contribution < -0.4 is 10.2 Å². The number of anilines is 1. The number of hydrogen-bond donors (Lipinski definition) is 1. The first kappa shape index (κ1) is 20.4. The van der Waals surface area contributed by atoms with E-state index in [1.807, 2.05) is 47.2 Å². The molecular formula is C26H23FN4S. The van der Waals surface area contributed by atoms with Gasteiger partial charge in [-0.15, -0.1) is 0 Å². The van der Waals surface area contributed by atoms with E-state index in [0.717, 1.165) is 17.1 Å². The highest BCUT2D eigenvalue weighted by Gasteiger charge is 2.42. The van der Waals surface area contributed by atoms with Crippen LogP contribution in [0.25, 0.3) is 5.69 Å². The Labute approximate surface area is 192 Å². The molecule has 6 heteroatoms. The monoisotopic (exact) mass is 442 g/mol. The second-order valence-corrected chi connectivity index (χ2v) is 8.41. The summed E-state index contributed by atoms with van der Waals surface area (Å²) in [5, 5.41) is 4.09. The molecule has 1 fully saturated rings. The molecule has 0 aliphatic carbocycles. The Morgan fingerprint density at radius 2 is 1.75 bits per heavy atom. The number of nitrogens with zero attached hydrogens (tertiary/aromatic N) is 3. The van der Waals surface area contributed by atoms with Crippen molar-refractivity contribution in [3.05, 3.63) is 114 Å². The first-order valence-corrected chi connectivity index (χ1v) is 11.0. The van der Waals surface area contributed by atoms with Crippen LogP contribution in [0.4, 0.5) is 10.1 Å². The lowest BCUT2D eigenvalue weighted by molar-refractivity contribution is 0.544. The normalized spacial score (nSPS) is 18.1. The Balaban J connectivity index is 1.69. The van der Waals surface area contributed by atoms with Crippen molar-refractivity contribution in [2.45, 2.75) is 25.9 Å². The number of halogens is 1. The molecule has 2 atom stereocenters. The van der Waals surface area contributed by atoms with E-state index in [2.05, 4.69) is 47.2 Å². The van der Waals surface area contributed by atoms with Crippen LogP contribution in [-0.4, -0.2) is 14.7 Å². The van der Waals surface area contributed by atoms with Gasteiger partial charge in [0.15, 0.2) is 5.11 Å². The van der Waals surface area contributed by atoms with Gasteiger partial charge in [0.1, 0.15) is 11.9 Å². The Morgan fingerprint density at radius 3 is 2.50 bits per heavy atom. The molecule has 2 aromatic heterocycles. The zero-order chi connectivity index (χ0) is 22.2. The zero-order valence-corrected chi connectivity index (χ0v) is 18.7. The number of hydrogen-bond acceptors (Lipinski definition) is 2. The highest BCUT2D eigenvalue weighted by atomic mass is 32.1. The fourth-order valence-corrected chi connectivity index (χ4v) is 4.66. The Hall–Kier alpha value is -3.51. The number of aromatic nitrogens is 2. The number of rotatable bonds is 4. The predicted octanol–water partition coefficient (Wildman–Crippen LogP) is 5.81. The van der Waals surface area contributed by atoms with Gasteiger partial charge in [0.2, 0.25) is 0 Å². The van der Waals surface area contributed by atoms with Crippen molar-refractivity contribution < 1.29 is 4.39 Å². The van der Waals surface area contributed by atoms with Crippen molar-refractivity contribution in [3.8, 4) is 5.69 Å². The maximum absolute atomic E-state index is 14.7. The van der Waals surface area contributed by atoms with Crippen LogP contribution in [0.3, 0.4) is 0 Å². The summed E-state index contributed by atoms with van der Waals surface area (Å²) in [6, 6.07) is 22.6. The topological polar surface area (TPSA) is 33.1 Å². The fraction of sp³-hybridized carbons (Fsp3) is 0.154. The minimum atomic E-state index is -0.273. The van der Waals surface area contributed by atoms with Gasteiger partial charge in [-0.05, 0) is 85.7 Å². The average Bonchev–Trinajstić information content (AvgIpc) is 3.41. The van der Waals surface area contributed by atoms with E-state index in [9.17, 15) is 4.39 Å². The van der Waals surface area contributed by atoms with Crippen molar-refractivity contribution in [2.24, 2.45) is 0 Å². The average molecular weight is 443 g/mol. The van der Waals surface area contributed by atoms with Crippen LogP contribution in [0.1, 0.15) is 34.6 Å². The van der Waals surface area contributed by atoms with Gasteiger partial charge < -0.3 is 14.8 Å². The molecule has 1 aliphatic heterocycles. The van der Waals surface area contributed by atoms with Gasteiger partial charge >= 0.3 is 0 Å². The molecule has 0 bridgehead atoms. The number of thiocarbonyl (C=S) groups is 1. The van der Waals surface area contributed by atoms with Gasteiger partial charge in [0.25, 0.3) is 0 Å². The van der Waals surface area contributed by atoms with Crippen molar-refractivity contribution in [1.29, 1.82) is 0 Å². The molecule has 0 radical (unpaired) electrons. The maximum Gasteiger partial charge on any atom is 0.174 e. The molecular weight excluding hydrogens is 419 g/mol. The van der Waals surface area contributed by atoms with Gasteiger partial charge in [-0.1, -0.05) is 24.3 Å². The summed E-state index contributed by atoms with van der Waals surface area (Å²) in [5.41, 5.74) is 5.72. The van der Waals surface area contributed by atoms with E-state index >= 15 is 0 Å². The van der Waals surface area contributed by atoms with Gasteiger partial charge in [-0.25, -0.2) is 4.39 Å². The van der Waals surface area contributed by atoms with E-state index in [-0.39, 0.29) is 17.9 Å². The second kappa shape index (κ2) is 8.20. The third-order valence-electron chi connectivity index (χ3n) is 6.06. The standard InChI is InChI=1S/C26H23FN4S/c1-17-12-13-19(16-18(17)2)31-25(24(29-26(31)32)21-9-5-6-14-28-21)23-11-7-15-30(23)22-10-4-3-8-20(22)27/h3-16,24-25H,1-2H3,(H,29,32)/t24-,25+/m0/s1. The lowest BCUT2D eigenvalue weighted by atomic mass is 10.00. The summed E-state index contributed by atoms with van der Waals surface area (Å²) in [6.07, 6.45) is 3.68.